The van der Waals surface area contributed by atoms with Gasteiger partial charge >= 0.3 is 0 Å². The molecule has 32 heavy (non-hydrogen) atoms. The minimum Gasteiger partial charge on any atom is -0.393 e. The fourth-order valence-corrected chi connectivity index (χ4v) is 11.4. The van der Waals surface area contributed by atoms with E-state index in [4.69, 9.17) is 0 Å². The van der Waals surface area contributed by atoms with Crippen LogP contribution in [0.5, 0.6) is 0 Å². The summed E-state index contributed by atoms with van der Waals surface area (Å²) < 4.78 is 0. The van der Waals surface area contributed by atoms with Gasteiger partial charge in [-0.15, -0.1) is 0 Å². The van der Waals surface area contributed by atoms with Crippen molar-refractivity contribution in [1.29, 1.82) is 0 Å². The molecule has 5 aliphatic rings. The van der Waals surface area contributed by atoms with Crippen molar-refractivity contribution in [3.8, 4) is 0 Å². The molecular weight excluding hydrogens is 392 g/mol. The average molecular weight is 445 g/mol. The van der Waals surface area contributed by atoms with Gasteiger partial charge in [0.15, 0.2) is 0 Å². The first kappa shape index (κ1) is 23.7. The lowest BCUT2D eigenvalue weighted by molar-refractivity contribution is -0.284. The van der Waals surface area contributed by atoms with Crippen molar-refractivity contribution < 1.29 is 10.2 Å². The Morgan fingerprint density at radius 1 is 0.562 bits per heavy atom. The summed E-state index contributed by atoms with van der Waals surface area (Å²) in [5.74, 6) is 2.43. The third kappa shape index (κ3) is 2.72. The fraction of sp³-hybridized carbons (Fsp3) is 1.00. The van der Waals surface area contributed by atoms with Crippen molar-refractivity contribution in [2.45, 2.75) is 132 Å². The molecule has 5 fully saturated rings. The maximum absolute atomic E-state index is 11.8. The van der Waals surface area contributed by atoms with E-state index in [0.29, 0.717) is 39.9 Å². The molecule has 5 rings (SSSR count). The number of rotatable bonds is 0. The van der Waals surface area contributed by atoms with E-state index in [1.54, 1.807) is 0 Å². The Labute approximate surface area is 198 Å². The molecule has 0 heterocycles. The van der Waals surface area contributed by atoms with E-state index in [9.17, 15) is 10.2 Å². The van der Waals surface area contributed by atoms with Crippen molar-refractivity contribution in [3.63, 3.8) is 0 Å². The summed E-state index contributed by atoms with van der Waals surface area (Å²) >= 11 is 0. The number of hydrogen-bond donors (Lipinski definition) is 2. The Morgan fingerprint density at radius 2 is 1.22 bits per heavy atom. The smallest absolute Gasteiger partial charge is 0.0602 e. The van der Waals surface area contributed by atoms with Gasteiger partial charge in [0.25, 0.3) is 0 Å². The highest BCUT2D eigenvalue weighted by Crippen LogP contribution is 2.78. The molecule has 0 aliphatic heterocycles. The van der Waals surface area contributed by atoms with Crippen LogP contribution in [0.1, 0.15) is 120 Å². The van der Waals surface area contributed by atoms with Crippen LogP contribution in [0.4, 0.5) is 0 Å². The van der Waals surface area contributed by atoms with Crippen LogP contribution in [0.25, 0.3) is 0 Å². The van der Waals surface area contributed by atoms with Gasteiger partial charge in [0.1, 0.15) is 0 Å². The van der Waals surface area contributed by atoms with Gasteiger partial charge in [-0.1, -0.05) is 55.4 Å². The van der Waals surface area contributed by atoms with E-state index < -0.39 is 0 Å². The molecule has 0 spiro atoms. The highest BCUT2D eigenvalue weighted by Gasteiger charge is 2.72. The zero-order valence-corrected chi connectivity index (χ0v) is 22.4. The molecular formula is C30H52O2. The number of fused-ring (bicyclic) bond motifs is 7. The standard InChI is InChI=1S/C30H52O2/c1-19-20(31)9-10-21-26(19,4)12-11-22-27(21,5)15-16-29(7)23-17-25(2,3)13-14-28(23,6)24(32)18-30(22,29)8/h19-24,31-32H,9-18H2,1-8H3. The van der Waals surface area contributed by atoms with Crippen LogP contribution < -0.4 is 0 Å². The van der Waals surface area contributed by atoms with Crippen molar-refractivity contribution in [1.82, 2.24) is 0 Å². The first-order valence-corrected chi connectivity index (χ1v) is 14.0. The van der Waals surface area contributed by atoms with Crippen molar-refractivity contribution in [2.75, 3.05) is 0 Å². The zero-order valence-electron chi connectivity index (χ0n) is 22.4. The summed E-state index contributed by atoms with van der Waals surface area (Å²) in [6.45, 7) is 20.1. The van der Waals surface area contributed by atoms with E-state index >= 15 is 0 Å². The Hall–Kier alpha value is -0.0800. The summed E-state index contributed by atoms with van der Waals surface area (Å²) in [5, 5.41) is 22.5. The molecule has 11 unspecified atom stereocenters. The minimum atomic E-state index is -0.163. The van der Waals surface area contributed by atoms with Gasteiger partial charge < -0.3 is 10.2 Å². The third-order valence-corrected chi connectivity index (χ3v) is 14.0. The SMILES string of the molecule is CC1C(O)CCC2C1(C)CCC1C2(C)CCC2(C)C3CC(C)(C)CCC3(C)C(O)CC12C. The molecule has 5 aliphatic carbocycles. The maximum Gasteiger partial charge on any atom is 0.0602 e. The van der Waals surface area contributed by atoms with Gasteiger partial charge in [-0.25, -0.2) is 0 Å². The lowest BCUT2D eigenvalue weighted by Gasteiger charge is -2.75. The van der Waals surface area contributed by atoms with Crippen molar-refractivity contribution in [3.05, 3.63) is 0 Å². The van der Waals surface area contributed by atoms with E-state index in [1.165, 1.54) is 51.4 Å². The molecule has 0 saturated heterocycles. The van der Waals surface area contributed by atoms with Gasteiger partial charge in [-0.3, -0.25) is 0 Å². The Balaban J connectivity index is 1.57. The molecule has 0 bridgehead atoms. The first-order valence-electron chi connectivity index (χ1n) is 14.0. The molecule has 2 N–H and O–H groups in total. The molecule has 2 heteroatoms. The molecule has 0 aromatic carbocycles. The molecule has 0 amide bonds. The van der Waals surface area contributed by atoms with Gasteiger partial charge in [0.2, 0.25) is 0 Å². The first-order chi connectivity index (χ1) is 14.6. The maximum atomic E-state index is 11.8. The largest absolute Gasteiger partial charge is 0.393 e. The second kappa shape index (κ2) is 6.77. The van der Waals surface area contributed by atoms with E-state index in [-0.39, 0.29) is 28.5 Å². The molecule has 5 saturated carbocycles. The quantitative estimate of drug-likeness (QED) is 0.414. The Morgan fingerprint density at radius 3 is 1.91 bits per heavy atom. The van der Waals surface area contributed by atoms with Crippen LogP contribution in [-0.2, 0) is 0 Å². The minimum absolute atomic E-state index is 0.0875. The second-order valence-corrected chi connectivity index (χ2v) is 15.6. The van der Waals surface area contributed by atoms with Gasteiger partial charge in [-0.2, -0.15) is 0 Å². The summed E-state index contributed by atoms with van der Waals surface area (Å²) in [5.41, 5.74) is 1.61. The van der Waals surface area contributed by atoms with E-state index in [0.717, 1.165) is 12.8 Å². The summed E-state index contributed by atoms with van der Waals surface area (Å²) in [6, 6.07) is 0. The van der Waals surface area contributed by atoms with Crippen LogP contribution >= 0.6 is 0 Å². The van der Waals surface area contributed by atoms with Crippen LogP contribution in [0, 0.1) is 56.2 Å². The topological polar surface area (TPSA) is 40.5 Å². The summed E-state index contributed by atoms with van der Waals surface area (Å²) in [7, 11) is 0. The number of aliphatic hydroxyl groups is 2. The highest BCUT2D eigenvalue weighted by molar-refractivity contribution is 5.21. The second-order valence-electron chi connectivity index (χ2n) is 15.6. The van der Waals surface area contributed by atoms with Gasteiger partial charge in [-0.05, 0) is 120 Å². The van der Waals surface area contributed by atoms with Crippen molar-refractivity contribution >= 4 is 0 Å². The predicted octanol–water partition coefficient (Wildman–Crippen LogP) is 7.22. The molecule has 0 radical (unpaired) electrons. The van der Waals surface area contributed by atoms with Crippen molar-refractivity contribution in [2.24, 2.45) is 56.2 Å². The monoisotopic (exact) mass is 444 g/mol. The van der Waals surface area contributed by atoms with E-state index in [1.807, 2.05) is 0 Å². The predicted molar refractivity (Wildman–Crippen MR) is 132 cm³/mol. The van der Waals surface area contributed by atoms with Crippen LogP contribution in [0.15, 0.2) is 0 Å². The lowest BCUT2D eigenvalue weighted by atomic mass is 9.29. The fourth-order valence-electron chi connectivity index (χ4n) is 11.4. The molecule has 184 valence electrons. The normalized spacial score (nSPS) is 61.7. The number of aliphatic hydroxyl groups excluding tert-OH is 2. The Bertz CT molecular complexity index is 775. The highest BCUT2D eigenvalue weighted by atomic mass is 16.3. The van der Waals surface area contributed by atoms with Crippen LogP contribution in [0.3, 0.4) is 0 Å². The molecule has 2 nitrogen and oxygen atoms in total. The van der Waals surface area contributed by atoms with Gasteiger partial charge in [0.05, 0.1) is 12.2 Å². The average Bonchev–Trinajstić information content (AvgIpc) is 2.70. The summed E-state index contributed by atoms with van der Waals surface area (Å²) in [4.78, 5) is 0. The third-order valence-electron chi connectivity index (χ3n) is 14.0. The zero-order chi connectivity index (χ0) is 23.5. The van der Waals surface area contributed by atoms with E-state index in [2.05, 4.69) is 55.4 Å². The lowest BCUT2D eigenvalue weighted by Crippen LogP contribution is -2.70. The van der Waals surface area contributed by atoms with Crippen LogP contribution in [0.2, 0.25) is 0 Å². The molecule has 11 atom stereocenters. The summed E-state index contributed by atoms with van der Waals surface area (Å²) in [6.07, 6.45) is 11.8. The Kier molecular flexibility index (Phi) is 5.01. The molecule has 0 aromatic heterocycles. The van der Waals surface area contributed by atoms with Crippen LogP contribution in [-0.4, -0.2) is 22.4 Å². The number of hydrogen-bond acceptors (Lipinski definition) is 2. The molecule has 0 aromatic rings. The van der Waals surface area contributed by atoms with Gasteiger partial charge in [0, 0.05) is 0 Å².